The molecule has 3 aromatic rings. The van der Waals surface area contributed by atoms with Crippen molar-refractivity contribution in [1.82, 2.24) is 13.9 Å². The molecular weight excluding hydrogens is 378 g/mol. The van der Waals surface area contributed by atoms with Gasteiger partial charge in [0.15, 0.2) is 0 Å². The van der Waals surface area contributed by atoms with Crippen molar-refractivity contribution in [2.24, 2.45) is 0 Å². The smallest absolute Gasteiger partial charge is 0.269 e. The summed E-state index contributed by atoms with van der Waals surface area (Å²) in [6, 6.07) is 9.47. The second-order valence-corrected chi connectivity index (χ2v) is 9.45. The summed E-state index contributed by atoms with van der Waals surface area (Å²) in [5.41, 5.74) is 2.37. The van der Waals surface area contributed by atoms with Crippen LogP contribution in [-0.4, -0.2) is 48.4 Å². The quantitative estimate of drug-likeness (QED) is 0.710. The molecule has 150 valence electrons. The number of hydrogen-bond acceptors (Lipinski definition) is 4. The number of fused-ring (bicyclic) bond motifs is 3. The Bertz CT molecular complexity index is 1150. The summed E-state index contributed by atoms with van der Waals surface area (Å²) in [6.45, 7) is 5.17. The fourth-order valence-electron chi connectivity index (χ4n) is 4.09. The van der Waals surface area contributed by atoms with Crippen LogP contribution in [0.25, 0.3) is 21.9 Å². The average Bonchev–Trinajstić information content (AvgIpc) is 3.32. The number of benzene rings is 1. The third-order valence-electron chi connectivity index (χ3n) is 5.21. The van der Waals surface area contributed by atoms with E-state index in [9.17, 15) is 13.2 Å². The van der Waals surface area contributed by atoms with Gasteiger partial charge in [-0.05, 0) is 38.8 Å². The van der Waals surface area contributed by atoms with Crippen molar-refractivity contribution < 1.29 is 17.9 Å². The van der Waals surface area contributed by atoms with Crippen LogP contribution in [0.4, 0.5) is 0 Å². The monoisotopic (exact) mass is 403 g/mol. The highest BCUT2D eigenvalue weighted by atomic mass is 32.2. The topological polar surface area (TPSA) is 82.3 Å². The number of carbonyl (C=O) groups excluding carboxylic acids is 1. The van der Waals surface area contributed by atoms with Crippen LogP contribution in [0.1, 0.15) is 43.2 Å². The van der Waals surface area contributed by atoms with Crippen LogP contribution in [-0.2, 0) is 14.8 Å². The zero-order valence-electron chi connectivity index (χ0n) is 16.3. The zero-order valence-corrected chi connectivity index (χ0v) is 17.1. The van der Waals surface area contributed by atoms with Crippen molar-refractivity contribution in [2.45, 2.75) is 38.8 Å². The summed E-state index contributed by atoms with van der Waals surface area (Å²) in [7, 11) is -3.69. The molecule has 0 aliphatic carbocycles. The number of nitrogens with zero attached hydrogens (tertiary/aromatic N) is 2. The Labute approximate surface area is 164 Å². The molecule has 1 N–H and O–H groups in total. The third-order valence-corrected chi connectivity index (χ3v) is 6.25. The number of carbonyl (C=O) groups is 1. The van der Waals surface area contributed by atoms with E-state index in [2.05, 4.69) is 9.88 Å². The van der Waals surface area contributed by atoms with Crippen molar-refractivity contribution in [3.63, 3.8) is 0 Å². The molecule has 1 fully saturated rings. The summed E-state index contributed by atoms with van der Waals surface area (Å²) < 4.78 is 34.1. The lowest BCUT2D eigenvalue weighted by molar-refractivity contribution is 0.0853. The molecule has 0 saturated carbocycles. The molecule has 1 aromatic carbocycles. The Kier molecular flexibility index (Phi) is 4.71. The summed E-state index contributed by atoms with van der Waals surface area (Å²) in [4.78, 5) is 12.9. The van der Waals surface area contributed by atoms with E-state index in [1.165, 1.54) is 3.97 Å². The highest BCUT2D eigenvalue weighted by molar-refractivity contribution is 7.89. The second-order valence-electron chi connectivity index (χ2n) is 7.62. The lowest BCUT2D eigenvalue weighted by Gasteiger charge is -2.12. The predicted octanol–water partition coefficient (Wildman–Crippen LogP) is 2.89. The van der Waals surface area contributed by atoms with E-state index in [4.69, 9.17) is 4.74 Å². The average molecular weight is 404 g/mol. The molecule has 3 heterocycles. The van der Waals surface area contributed by atoms with Gasteiger partial charge in [-0.1, -0.05) is 18.2 Å². The van der Waals surface area contributed by atoms with Gasteiger partial charge in [-0.25, -0.2) is 12.4 Å². The molecule has 0 spiro atoms. The zero-order chi connectivity index (χ0) is 20.1. The van der Waals surface area contributed by atoms with Crippen molar-refractivity contribution in [3.05, 3.63) is 36.0 Å². The van der Waals surface area contributed by atoms with E-state index in [0.717, 1.165) is 35.5 Å². The maximum atomic E-state index is 12.9. The fourth-order valence-corrected chi connectivity index (χ4v) is 5.10. The first-order valence-electron chi connectivity index (χ1n) is 9.53. The first-order valence-corrected chi connectivity index (χ1v) is 11.4. The van der Waals surface area contributed by atoms with E-state index in [1.807, 2.05) is 38.1 Å². The Hall–Kier alpha value is -2.32. The number of nitrogens with one attached hydrogen (secondary N) is 1. The van der Waals surface area contributed by atoms with Gasteiger partial charge in [0.2, 0.25) is 10.0 Å². The van der Waals surface area contributed by atoms with Crippen LogP contribution in [0, 0.1) is 0 Å². The molecule has 7 nitrogen and oxygen atoms in total. The first kappa shape index (κ1) is 19.0. The van der Waals surface area contributed by atoms with Gasteiger partial charge >= 0.3 is 0 Å². The van der Waals surface area contributed by atoms with Gasteiger partial charge in [-0.3, -0.25) is 4.79 Å². The Morgan fingerprint density at radius 2 is 2.04 bits per heavy atom. The predicted molar refractivity (Wildman–Crippen MR) is 109 cm³/mol. The minimum absolute atomic E-state index is 0.00895. The van der Waals surface area contributed by atoms with Gasteiger partial charge in [-0.15, -0.1) is 0 Å². The lowest BCUT2D eigenvalue weighted by atomic mass is 10.2. The first-order chi connectivity index (χ1) is 13.3. The maximum absolute atomic E-state index is 12.9. The van der Waals surface area contributed by atoms with Crippen LogP contribution in [0.5, 0.6) is 0 Å². The highest BCUT2D eigenvalue weighted by Gasteiger charge is 2.27. The number of ether oxygens (including phenoxy) is 1. The Balaban J connectivity index is 1.89. The van der Waals surface area contributed by atoms with Crippen LogP contribution < -0.4 is 5.32 Å². The van der Waals surface area contributed by atoms with Gasteiger partial charge in [0, 0.05) is 24.6 Å². The number of amides is 1. The molecule has 1 aliphatic rings. The SMILES string of the molecule is CC(C)n1c2ccccc2c2c1cc(C(=O)NCC1CCCO1)n2S(C)(=O)=O. The van der Waals surface area contributed by atoms with Crippen molar-refractivity contribution in [3.8, 4) is 0 Å². The van der Waals surface area contributed by atoms with E-state index >= 15 is 0 Å². The van der Waals surface area contributed by atoms with Gasteiger partial charge in [0.1, 0.15) is 5.69 Å². The molecule has 28 heavy (non-hydrogen) atoms. The number of hydrogen-bond donors (Lipinski definition) is 1. The maximum Gasteiger partial charge on any atom is 0.269 e. The van der Waals surface area contributed by atoms with Crippen LogP contribution in [0.3, 0.4) is 0 Å². The highest BCUT2D eigenvalue weighted by Crippen LogP contribution is 2.35. The molecule has 1 aliphatic heterocycles. The van der Waals surface area contributed by atoms with E-state index in [0.29, 0.717) is 18.7 Å². The third kappa shape index (κ3) is 3.10. The summed E-state index contributed by atoms with van der Waals surface area (Å²) >= 11 is 0. The largest absolute Gasteiger partial charge is 0.376 e. The van der Waals surface area contributed by atoms with Gasteiger partial charge in [0.05, 0.1) is 28.9 Å². The van der Waals surface area contributed by atoms with Crippen LogP contribution in [0.15, 0.2) is 30.3 Å². The van der Waals surface area contributed by atoms with Crippen molar-refractivity contribution >= 4 is 37.9 Å². The van der Waals surface area contributed by atoms with Crippen LogP contribution in [0.2, 0.25) is 0 Å². The molecule has 1 amide bonds. The summed E-state index contributed by atoms with van der Waals surface area (Å²) in [5.74, 6) is -0.406. The molecule has 0 radical (unpaired) electrons. The molecule has 4 rings (SSSR count). The minimum atomic E-state index is -3.69. The second kappa shape index (κ2) is 6.93. The number of aromatic nitrogens is 2. The normalized spacial score (nSPS) is 17.8. The lowest BCUT2D eigenvalue weighted by Crippen LogP contribution is -2.33. The van der Waals surface area contributed by atoms with Gasteiger partial charge in [-0.2, -0.15) is 0 Å². The molecule has 8 heteroatoms. The molecular formula is C20H25N3O4S. The van der Waals surface area contributed by atoms with E-state index < -0.39 is 15.9 Å². The van der Waals surface area contributed by atoms with E-state index in [1.54, 1.807) is 6.07 Å². The molecule has 1 atom stereocenters. The van der Waals surface area contributed by atoms with Gasteiger partial charge < -0.3 is 14.6 Å². The number of para-hydroxylation sites is 1. The van der Waals surface area contributed by atoms with Crippen LogP contribution >= 0.6 is 0 Å². The standard InChI is InChI=1S/C20H25N3O4S/c1-13(2)22-16-9-5-4-8-15(16)19-17(22)11-18(23(19)28(3,25)26)20(24)21-12-14-7-6-10-27-14/h4-5,8-9,11,13-14H,6-7,10,12H2,1-3H3,(H,21,24). The fraction of sp³-hybridized carbons (Fsp3) is 0.450. The Morgan fingerprint density at radius 3 is 2.68 bits per heavy atom. The van der Waals surface area contributed by atoms with Crippen molar-refractivity contribution in [2.75, 3.05) is 19.4 Å². The minimum Gasteiger partial charge on any atom is -0.376 e. The molecule has 2 aromatic heterocycles. The summed E-state index contributed by atoms with van der Waals surface area (Å²) in [6.07, 6.45) is 3.00. The summed E-state index contributed by atoms with van der Waals surface area (Å²) in [5, 5.41) is 3.66. The molecule has 1 unspecified atom stereocenters. The Morgan fingerprint density at radius 1 is 1.29 bits per heavy atom. The number of rotatable bonds is 5. The van der Waals surface area contributed by atoms with E-state index in [-0.39, 0.29) is 17.8 Å². The molecule has 0 bridgehead atoms. The van der Waals surface area contributed by atoms with Crippen molar-refractivity contribution in [1.29, 1.82) is 0 Å². The van der Waals surface area contributed by atoms with Gasteiger partial charge in [0.25, 0.3) is 5.91 Å². The molecule has 1 saturated heterocycles.